The second kappa shape index (κ2) is 5.33. The number of carbonyl (C=O) groups excluding carboxylic acids is 1. The lowest BCUT2D eigenvalue weighted by atomic mass is 10.2. The van der Waals surface area contributed by atoms with Gasteiger partial charge in [-0.25, -0.2) is 4.98 Å². The highest BCUT2D eigenvalue weighted by Crippen LogP contribution is 2.11. The Hall–Kier alpha value is -1.05. The number of amides is 1. The largest absolute Gasteiger partial charge is 0.378 e. The molecule has 1 aromatic heterocycles. The van der Waals surface area contributed by atoms with Gasteiger partial charge >= 0.3 is 0 Å². The van der Waals surface area contributed by atoms with E-state index in [1.165, 1.54) is 11.5 Å². The third kappa shape index (κ3) is 3.22. The predicted molar refractivity (Wildman–Crippen MR) is 60.5 cm³/mol. The van der Waals surface area contributed by atoms with Crippen LogP contribution < -0.4 is 10.6 Å². The van der Waals surface area contributed by atoms with Crippen LogP contribution in [0.2, 0.25) is 0 Å². The van der Waals surface area contributed by atoms with Crippen LogP contribution >= 0.6 is 11.5 Å². The van der Waals surface area contributed by atoms with E-state index in [1.54, 1.807) is 6.92 Å². The first-order valence-corrected chi connectivity index (χ1v) is 5.92. The summed E-state index contributed by atoms with van der Waals surface area (Å²) in [7, 11) is 0. The van der Waals surface area contributed by atoms with Gasteiger partial charge in [0.1, 0.15) is 5.82 Å². The lowest BCUT2D eigenvalue weighted by molar-refractivity contribution is -0.117. The standard InChI is InChI=1S/C9H14N4O2S/c1-6-11-9(16-13-6)12-8(14)4-7-5-15-3-2-10-7/h7,10H,2-5H2,1H3,(H,11,12,13,14). The molecule has 88 valence electrons. The highest BCUT2D eigenvalue weighted by atomic mass is 32.1. The summed E-state index contributed by atoms with van der Waals surface area (Å²) in [4.78, 5) is 15.7. The normalized spacial score (nSPS) is 20.7. The third-order valence-electron chi connectivity index (χ3n) is 2.20. The van der Waals surface area contributed by atoms with Gasteiger partial charge in [0, 0.05) is 30.5 Å². The number of aryl methyl sites for hydroxylation is 1. The molecule has 7 heteroatoms. The van der Waals surface area contributed by atoms with Crippen molar-refractivity contribution in [2.24, 2.45) is 0 Å². The van der Waals surface area contributed by atoms with Crippen LogP contribution in [0, 0.1) is 6.92 Å². The first-order chi connectivity index (χ1) is 7.74. The van der Waals surface area contributed by atoms with E-state index in [0.717, 1.165) is 6.54 Å². The van der Waals surface area contributed by atoms with Gasteiger partial charge < -0.3 is 15.4 Å². The number of morpholine rings is 1. The quantitative estimate of drug-likeness (QED) is 0.790. The minimum absolute atomic E-state index is 0.0563. The van der Waals surface area contributed by atoms with E-state index < -0.39 is 0 Å². The molecule has 1 aliphatic rings. The Balaban J connectivity index is 1.79. The fourth-order valence-corrected chi connectivity index (χ4v) is 2.08. The molecule has 2 rings (SSSR count). The molecule has 0 radical (unpaired) electrons. The van der Waals surface area contributed by atoms with E-state index in [4.69, 9.17) is 4.74 Å². The van der Waals surface area contributed by atoms with Crippen molar-refractivity contribution in [3.63, 3.8) is 0 Å². The molecule has 1 fully saturated rings. The number of anilines is 1. The summed E-state index contributed by atoms with van der Waals surface area (Å²) >= 11 is 1.20. The monoisotopic (exact) mass is 242 g/mol. The van der Waals surface area contributed by atoms with E-state index in [-0.39, 0.29) is 11.9 Å². The Morgan fingerprint density at radius 1 is 1.75 bits per heavy atom. The molecule has 0 aliphatic carbocycles. The minimum atomic E-state index is -0.0563. The summed E-state index contributed by atoms with van der Waals surface area (Å²) in [6, 6.07) is 0.0998. The van der Waals surface area contributed by atoms with Crippen LogP contribution in [0.1, 0.15) is 12.2 Å². The number of nitrogens with zero attached hydrogens (tertiary/aromatic N) is 2. The molecule has 2 N–H and O–H groups in total. The van der Waals surface area contributed by atoms with Crippen LogP contribution in [0.4, 0.5) is 5.13 Å². The first kappa shape index (κ1) is 11.4. The number of hydrogen-bond donors (Lipinski definition) is 2. The number of nitrogens with one attached hydrogen (secondary N) is 2. The zero-order chi connectivity index (χ0) is 11.4. The molecular weight excluding hydrogens is 228 g/mol. The van der Waals surface area contributed by atoms with E-state index in [1.807, 2.05) is 0 Å². The van der Waals surface area contributed by atoms with Crippen molar-refractivity contribution in [1.82, 2.24) is 14.7 Å². The molecule has 16 heavy (non-hydrogen) atoms. The van der Waals surface area contributed by atoms with E-state index in [9.17, 15) is 4.79 Å². The van der Waals surface area contributed by atoms with Gasteiger partial charge in [-0.3, -0.25) is 4.79 Å². The summed E-state index contributed by atoms with van der Waals surface area (Å²) in [6.07, 6.45) is 0.401. The minimum Gasteiger partial charge on any atom is -0.378 e. The van der Waals surface area contributed by atoms with Crippen LogP contribution in [-0.4, -0.2) is 41.1 Å². The van der Waals surface area contributed by atoms with Crippen molar-refractivity contribution in [2.45, 2.75) is 19.4 Å². The highest BCUT2D eigenvalue weighted by Gasteiger charge is 2.17. The fourth-order valence-electron chi connectivity index (χ4n) is 1.49. The molecule has 6 nitrogen and oxygen atoms in total. The molecule has 0 aromatic carbocycles. The van der Waals surface area contributed by atoms with Gasteiger partial charge in [-0.05, 0) is 6.92 Å². The molecule has 0 spiro atoms. The number of hydrogen-bond acceptors (Lipinski definition) is 6. The Labute approximate surface area is 97.6 Å². The Bertz CT molecular complexity index is 362. The van der Waals surface area contributed by atoms with Crippen molar-refractivity contribution < 1.29 is 9.53 Å². The van der Waals surface area contributed by atoms with Crippen molar-refractivity contribution in [3.8, 4) is 0 Å². The Kier molecular flexibility index (Phi) is 3.81. The number of rotatable bonds is 3. The smallest absolute Gasteiger partial charge is 0.227 e. The molecule has 0 saturated carbocycles. The van der Waals surface area contributed by atoms with Crippen molar-refractivity contribution in [1.29, 1.82) is 0 Å². The summed E-state index contributed by atoms with van der Waals surface area (Å²) in [5, 5.41) is 6.50. The molecule has 0 bridgehead atoms. The third-order valence-corrected chi connectivity index (χ3v) is 2.93. The fraction of sp³-hybridized carbons (Fsp3) is 0.667. The predicted octanol–water partition coefficient (Wildman–Crippen LogP) is 0.164. The summed E-state index contributed by atoms with van der Waals surface area (Å²) < 4.78 is 9.26. The van der Waals surface area contributed by atoms with Crippen LogP contribution in [0.15, 0.2) is 0 Å². The lowest BCUT2D eigenvalue weighted by Crippen LogP contribution is -2.43. The molecule has 1 aromatic rings. The topological polar surface area (TPSA) is 76.1 Å². The van der Waals surface area contributed by atoms with Gasteiger partial charge in [0.05, 0.1) is 13.2 Å². The number of aromatic nitrogens is 2. The maximum Gasteiger partial charge on any atom is 0.227 e. The van der Waals surface area contributed by atoms with Crippen LogP contribution in [-0.2, 0) is 9.53 Å². The van der Waals surface area contributed by atoms with Crippen molar-refractivity contribution in [2.75, 3.05) is 25.1 Å². The van der Waals surface area contributed by atoms with Gasteiger partial charge in [0.25, 0.3) is 0 Å². The molecule has 1 amide bonds. The van der Waals surface area contributed by atoms with E-state index in [0.29, 0.717) is 30.6 Å². The first-order valence-electron chi connectivity index (χ1n) is 5.15. The van der Waals surface area contributed by atoms with Crippen LogP contribution in [0.25, 0.3) is 0 Å². The molecular formula is C9H14N4O2S. The number of ether oxygens (including phenoxy) is 1. The van der Waals surface area contributed by atoms with Gasteiger partial charge in [0.2, 0.25) is 11.0 Å². The van der Waals surface area contributed by atoms with E-state index >= 15 is 0 Å². The second-order valence-corrected chi connectivity index (χ2v) is 4.38. The SMILES string of the molecule is Cc1nsc(NC(=O)CC2COCCN2)n1. The lowest BCUT2D eigenvalue weighted by Gasteiger charge is -2.22. The van der Waals surface area contributed by atoms with Gasteiger partial charge in [-0.2, -0.15) is 4.37 Å². The Morgan fingerprint density at radius 2 is 2.62 bits per heavy atom. The Morgan fingerprint density at radius 3 is 3.25 bits per heavy atom. The van der Waals surface area contributed by atoms with Gasteiger partial charge in [0.15, 0.2) is 0 Å². The van der Waals surface area contributed by atoms with Gasteiger partial charge in [-0.1, -0.05) is 0 Å². The van der Waals surface area contributed by atoms with Crippen molar-refractivity contribution in [3.05, 3.63) is 5.82 Å². The summed E-state index contributed by atoms with van der Waals surface area (Å²) in [6.45, 7) is 3.90. The maximum atomic E-state index is 11.6. The molecule has 1 unspecified atom stereocenters. The summed E-state index contributed by atoms with van der Waals surface area (Å²) in [5.41, 5.74) is 0. The average Bonchev–Trinajstić information content (AvgIpc) is 2.65. The maximum absolute atomic E-state index is 11.6. The molecule has 2 heterocycles. The highest BCUT2D eigenvalue weighted by molar-refractivity contribution is 7.09. The van der Waals surface area contributed by atoms with Crippen LogP contribution in [0.5, 0.6) is 0 Å². The van der Waals surface area contributed by atoms with Crippen molar-refractivity contribution >= 4 is 22.6 Å². The van der Waals surface area contributed by atoms with E-state index in [2.05, 4.69) is 20.0 Å². The number of carbonyl (C=O) groups is 1. The zero-order valence-corrected chi connectivity index (χ0v) is 9.84. The van der Waals surface area contributed by atoms with Crippen LogP contribution in [0.3, 0.4) is 0 Å². The average molecular weight is 242 g/mol. The van der Waals surface area contributed by atoms with Gasteiger partial charge in [-0.15, -0.1) is 0 Å². The molecule has 1 atom stereocenters. The molecule has 1 saturated heterocycles. The summed E-state index contributed by atoms with van der Waals surface area (Å²) in [5.74, 6) is 0.624. The zero-order valence-electron chi connectivity index (χ0n) is 9.02. The second-order valence-electron chi connectivity index (χ2n) is 3.63. The molecule has 1 aliphatic heterocycles.